The summed E-state index contributed by atoms with van der Waals surface area (Å²) in [6.07, 6.45) is 1.58. The van der Waals surface area contributed by atoms with Crippen molar-refractivity contribution in [1.29, 1.82) is 0 Å². The van der Waals surface area contributed by atoms with E-state index in [0.29, 0.717) is 12.1 Å². The minimum Gasteiger partial charge on any atom is -0.380 e. The number of methoxy groups -OCH3 is 1. The molecule has 1 aliphatic rings. The fourth-order valence-corrected chi connectivity index (χ4v) is 2.63. The molecular weight excluding hydrogens is 224 g/mol. The first-order valence-electron chi connectivity index (χ1n) is 6.87. The van der Waals surface area contributed by atoms with Crippen LogP contribution in [-0.2, 0) is 4.74 Å². The fourth-order valence-electron chi connectivity index (χ4n) is 2.63. The fraction of sp³-hybridized carbons (Fsp3) is 0.600. The van der Waals surface area contributed by atoms with Crippen molar-refractivity contribution in [2.45, 2.75) is 25.5 Å². The molecule has 3 heteroatoms. The molecule has 0 spiro atoms. The highest BCUT2D eigenvalue weighted by Gasteiger charge is 2.24. The minimum atomic E-state index is 0.419. The highest BCUT2D eigenvalue weighted by molar-refractivity contribution is 5.19. The van der Waals surface area contributed by atoms with Crippen molar-refractivity contribution in [3.63, 3.8) is 0 Å². The first-order valence-corrected chi connectivity index (χ1v) is 6.87. The van der Waals surface area contributed by atoms with Crippen LogP contribution in [0.25, 0.3) is 0 Å². The molecule has 2 atom stereocenters. The second kappa shape index (κ2) is 6.88. The van der Waals surface area contributed by atoms with Gasteiger partial charge in [0.05, 0.1) is 6.10 Å². The SMILES string of the molecule is CCNC(CN1CCC(OC)C1)c1ccccc1. The number of nitrogens with zero attached hydrogens (tertiary/aromatic N) is 1. The van der Waals surface area contributed by atoms with Crippen LogP contribution in [0.15, 0.2) is 30.3 Å². The monoisotopic (exact) mass is 248 g/mol. The van der Waals surface area contributed by atoms with Gasteiger partial charge in [0.1, 0.15) is 0 Å². The van der Waals surface area contributed by atoms with Gasteiger partial charge in [-0.25, -0.2) is 0 Å². The normalized spacial score (nSPS) is 22.2. The average molecular weight is 248 g/mol. The van der Waals surface area contributed by atoms with Crippen LogP contribution >= 0.6 is 0 Å². The van der Waals surface area contributed by atoms with Crippen LogP contribution in [0.4, 0.5) is 0 Å². The number of rotatable bonds is 6. The lowest BCUT2D eigenvalue weighted by Crippen LogP contribution is -2.34. The third-order valence-corrected chi connectivity index (χ3v) is 3.66. The minimum absolute atomic E-state index is 0.419. The molecule has 0 saturated carbocycles. The number of likely N-dealkylation sites (N-methyl/N-ethyl adjacent to an activating group) is 1. The Morgan fingerprint density at radius 1 is 1.39 bits per heavy atom. The zero-order chi connectivity index (χ0) is 12.8. The van der Waals surface area contributed by atoms with Crippen molar-refractivity contribution in [2.24, 2.45) is 0 Å². The molecule has 18 heavy (non-hydrogen) atoms. The van der Waals surface area contributed by atoms with Gasteiger partial charge in [0, 0.05) is 32.8 Å². The molecule has 1 saturated heterocycles. The van der Waals surface area contributed by atoms with E-state index < -0.39 is 0 Å². The van der Waals surface area contributed by atoms with Gasteiger partial charge < -0.3 is 10.1 Å². The number of nitrogens with one attached hydrogen (secondary N) is 1. The molecule has 100 valence electrons. The molecule has 0 amide bonds. The van der Waals surface area contributed by atoms with Crippen molar-refractivity contribution in [2.75, 3.05) is 33.3 Å². The summed E-state index contributed by atoms with van der Waals surface area (Å²) in [6, 6.07) is 11.1. The summed E-state index contributed by atoms with van der Waals surface area (Å²) >= 11 is 0. The number of hydrogen-bond acceptors (Lipinski definition) is 3. The van der Waals surface area contributed by atoms with E-state index in [1.165, 1.54) is 5.56 Å². The summed E-state index contributed by atoms with van der Waals surface area (Å²) in [6.45, 7) is 6.44. The van der Waals surface area contributed by atoms with Crippen LogP contribution in [-0.4, -0.2) is 44.3 Å². The smallest absolute Gasteiger partial charge is 0.0710 e. The maximum atomic E-state index is 5.43. The molecule has 2 rings (SSSR count). The average Bonchev–Trinajstić information content (AvgIpc) is 2.87. The van der Waals surface area contributed by atoms with E-state index in [4.69, 9.17) is 4.74 Å². The Bertz CT molecular complexity index is 342. The molecule has 1 N–H and O–H groups in total. The van der Waals surface area contributed by atoms with Crippen molar-refractivity contribution in [3.05, 3.63) is 35.9 Å². The molecule has 3 nitrogen and oxygen atoms in total. The van der Waals surface area contributed by atoms with E-state index in [2.05, 4.69) is 47.5 Å². The lowest BCUT2D eigenvalue weighted by molar-refractivity contribution is 0.107. The van der Waals surface area contributed by atoms with E-state index in [0.717, 1.165) is 32.6 Å². The molecule has 0 aliphatic carbocycles. The van der Waals surface area contributed by atoms with Crippen LogP contribution < -0.4 is 5.32 Å². The molecule has 1 heterocycles. The van der Waals surface area contributed by atoms with Crippen LogP contribution in [0.5, 0.6) is 0 Å². The van der Waals surface area contributed by atoms with Gasteiger partial charge >= 0.3 is 0 Å². The topological polar surface area (TPSA) is 24.5 Å². The van der Waals surface area contributed by atoms with Gasteiger partial charge in [0.15, 0.2) is 0 Å². The number of ether oxygens (including phenoxy) is 1. The molecule has 1 aromatic rings. The highest BCUT2D eigenvalue weighted by Crippen LogP contribution is 2.18. The lowest BCUT2D eigenvalue weighted by Gasteiger charge is -2.24. The summed E-state index contributed by atoms with van der Waals surface area (Å²) in [7, 11) is 1.81. The second-order valence-corrected chi connectivity index (χ2v) is 4.93. The predicted molar refractivity (Wildman–Crippen MR) is 74.7 cm³/mol. The second-order valence-electron chi connectivity index (χ2n) is 4.93. The van der Waals surface area contributed by atoms with Crippen LogP contribution in [0.1, 0.15) is 24.9 Å². The molecule has 1 aliphatic heterocycles. The Kier molecular flexibility index (Phi) is 5.17. The van der Waals surface area contributed by atoms with Crippen LogP contribution in [0.3, 0.4) is 0 Å². The Labute approximate surface area is 110 Å². The zero-order valence-electron chi connectivity index (χ0n) is 11.4. The number of hydrogen-bond donors (Lipinski definition) is 1. The lowest BCUT2D eigenvalue weighted by atomic mass is 10.1. The van der Waals surface area contributed by atoms with Gasteiger partial charge in [-0.3, -0.25) is 4.90 Å². The van der Waals surface area contributed by atoms with Gasteiger partial charge in [0.25, 0.3) is 0 Å². The summed E-state index contributed by atoms with van der Waals surface area (Å²) in [5, 5.41) is 3.58. The zero-order valence-corrected chi connectivity index (χ0v) is 11.4. The Balaban J connectivity index is 1.95. The van der Waals surface area contributed by atoms with Gasteiger partial charge in [0.2, 0.25) is 0 Å². The van der Waals surface area contributed by atoms with Crippen molar-refractivity contribution in [3.8, 4) is 0 Å². The molecule has 1 fully saturated rings. The summed E-state index contributed by atoms with van der Waals surface area (Å²) < 4.78 is 5.43. The van der Waals surface area contributed by atoms with Crippen molar-refractivity contribution < 1.29 is 4.74 Å². The van der Waals surface area contributed by atoms with Crippen LogP contribution in [0, 0.1) is 0 Å². The Morgan fingerprint density at radius 2 is 2.17 bits per heavy atom. The summed E-state index contributed by atoms with van der Waals surface area (Å²) in [4.78, 5) is 2.49. The quantitative estimate of drug-likeness (QED) is 0.834. The Morgan fingerprint density at radius 3 is 2.78 bits per heavy atom. The number of likely N-dealkylation sites (tertiary alicyclic amines) is 1. The molecule has 0 bridgehead atoms. The highest BCUT2D eigenvalue weighted by atomic mass is 16.5. The van der Waals surface area contributed by atoms with Crippen molar-refractivity contribution in [1.82, 2.24) is 10.2 Å². The van der Waals surface area contributed by atoms with E-state index in [-0.39, 0.29) is 0 Å². The molecule has 2 unspecified atom stereocenters. The maximum absolute atomic E-state index is 5.43. The first kappa shape index (κ1) is 13.5. The molecule has 0 aromatic heterocycles. The third-order valence-electron chi connectivity index (χ3n) is 3.66. The van der Waals surface area contributed by atoms with Gasteiger partial charge in [-0.15, -0.1) is 0 Å². The van der Waals surface area contributed by atoms with E-state index in [1.54, 1.807) is 0 Å². The first-order chi connectivity index (χ1) is 8.83. The van der Waals surface area contributed by atoms with E-state index >= 15 is 0 Å². The van der Waals surface area contributed by atoms with Gasteiger partial charge in [-0.1, -0.05) is 37.3 Å². The summed E-state index contributed by atoms with van der Waals surface area (Å²) in [5.41, 5.74) is 1.38. The van der Waals surface area contributed by atoms with Gasteiger partial charge in [-0.2, -0.15) is 0 Å². The van der Waals surface area contributed by atoms with Gasteiger partial charge in [-0.05, 0) is 18.5 Å². The summed E-state index contributed by atoms with van der Waals surface area (Å²) in [5.74, 6) is 0. The molecule has 0 radical (unpaired) electrons. The number of benzene rings is 1. The van der Waals surface area contributed by atoms with Crippen molar-refractivity contribution >= 4 is 0 Å². The van der Waals surface area contributed by atoms with E-state index in [1.807, 2.05) is 7.11 Å². The van der Waals surface area contributed by atoms with Crippen LogP contribution in [0.2, 0.25) is 0 Å². The maximum Gasteiger partial charge on any atom is 0.0710 e. The Hall–Kier alpha value is -0.900. The largest absolute Gasteiger partial charge is 0.380 e. The molecule has 1 aromatic carbocycles. The third kappa shape index (κ3) is 3.55. The molecular formula is C15H24N2O. The standard InChI is InChI=1S/C15H24N2O/c1-3-16-15(13-7-5-4-6-8-13)12-17-10-9-14(11-17)18-2/h4-8,14-16H,3,9-12H2,1-2H3. The van der Waals surface area contributed by atoms with E-state index in [9.17, 15) is 0 Å². The predicted octanol–water partition coefficient (Wildman–Crippen LogP) is 2.06.